The van der Waals surface area contributed by atoms with Crippen molar-refractivity contribution in [3.63, 3.8) is 0 Å². The van der Waals surface area contributed by atoms with Crippen LogP contribution < -0.4 is 10.6 Å². The van der Waals surface area contributed by atoms with E-state index in [0.29, 0.717) is 11.4 Å². The second-order valence-electron chi connectivity index (χ2n) is 6.05. The summed E-state index contributed by atoms with van der Waals surface area (Å²) < 4.78 is 5.64. The lowest BCUT2D eigenvalue weighted by atomic mass is 10.1. The van der Waals surface area contributed by atoms with Crippen LogP contribution in [0.25, 0.3) is 0 Å². The smallest absolute Gasteiger partial charge is 0.0670 e. The van der Waals surface area contributed by atoms with Crippen LogP contribution in [-0.4, -0.2) is 26.3 Å². The van der Waals surface area contributed by atoms with Gasteiger partial charge in [-0.3, -0.25) is 0 Å². The van der Waals surface area contributed by atoms with Gasteiger partial charge in [-0.25, -0.2) is 0 Å². The topological polar surface area (TPSA) is 57.1 Å². The molecule has 0 aromatic heterocycles. The summed E-state index contributed by atoms with van der Waals surface area (Å²) in [5.74, 6) is 0. The number of hydrogen-bond acceptors (Lipinski definition) is 4. The van der Waals surface area contributed by atoms with Crippen LogP contribution in [0, 0.1) is 11.3 Å². The van der Waals surface area contributed by atoms with Crippen LogP contribution in [0.1, 0.15) is 24.0 Å². The van der Waals surface area contributed by atoms with E-state index in [4.69, 9.17) is 21.6 Å². The van der Waals surface area contributed by atoms with Crippen molar-refractivity contribution < 1.29 is 4.74 Å². The molecule has 2 aromatic rings. The van der Waals surface area contributed by atoms with Gasteiger partial charge in [-0.15, -0.1) is 0 Å². The third kappa shape index (κ3) is 7.88. The number of anilines is 1. The molecule has 2 N–H and O–H groups in total. The highest BCUT2D eigenvalue weighted by Gasteiger charge is 2.01. The molecule has 4 nitrogen and oxygen atoms in total. The van der Waals surface area contributed by atoms with Gasteiger partial charge in [-0.05, 0) is 48.7 Å². The van der Waals surface area contributed by atoms with Gasteiger partial charge in [0.05, 0.1) is 19.1 Å². The molecule has 0 unspecified atom stereocenters. The summed E-state index contributed by atoms with van der Waals surface area (Å²) in [5.41, 5.74) is 3.15. The van der Waals surface area contributed by atoms with Gasteiger partial charge in [0, 0.05) is 30.4 Å². The van der Waals surface area contributed by atoms with Crippen molar-refractivity contribution in [3.8, 4) is 6.07 Å². The van der Waals surface area contributed by atoms with Crippen LogP contribution in [-0.2, 0) is 17.7 Å². The Morgan fingerprint density at radius 3 is 2.62 bits per heavy atom. The highest BCUT2D eigenvalue weighted by atomic mass is 35.5. The standard InChI is InChI=1S/C21H26ClN3O/c22-21-16-18(8-9-19(21)10-11-23)17-24-12-4-5-14-26-15-13-25-20-6-2-1-3-7-20/h1-3,6-9,16,24-25H,4-5,10,12-15,17H2. The second-order valence-corrected chi connectivity index (χ2v) is 6.46. The Labute approximate surface area is 161 Å². The molecule has 0 aliphatic carbocycles. The largest absolute Gasteiger partial charge is 0.383 e. The minimum Gasteiger partial charge on any atom is -0.383 e. The molecule has 0 spiro atoms. The first-order valence-corrected chi connectivity index (χ1v) is 9.39. The number of benzene rings is 2. The van der Waals surface area contributed by atoms with Gasteiger partial charge in [-0.1, -0.05) is 41.9 Å². The molecule has 2 aromatic carbocycles. The van der Waals surface area contributed by atoms with Crippen LogP contribution in [0.5, 0.6) is 0 Å². The van der Waals surface area contributed by atoms with Gasteiger partial charge in [-0.2, -0.15) is 5.26 Å². The summed E-state index contributed by atoms with van der Waals surface area (Å²) in [6, 6.07) is 18.2. The molecule has 0 atom stereocenters. The molecule has 0 aliphatic rings. The van der Waals surface area contributed by atoms with Crippen molar-refractivity contribution in [2.75, 3.05) is 31.6 Å². The molecular weight excluding hydrogens is 346 g/mol. The number of para-hydroxylation sites is 1. The number of halogens is 1. The van der Waals surface area contributed by atoms with E-state index in [9.17, 15) is 0 Å². The first kappa shape index (κ1) is 20.3. The van der Waals surface area contributed by atoms with Crippen molar-refractivity contribution in [1.82, 2.24) is 5.32 Å². The van der Waals surface area contributed by atoms with E-state index in [1.807, 2.05) is 36.4 Å². The lowest BCUT2D eigenvalue weighted by Gasteiger charge is -2.08. The van der Waals surface area contributed by atoms with Crippen molar-refractivity contribution in [2.24, 2.45) is 0 Å². The van der Waals surface area contributed by atoms with Crippen LogP contribution in [0.15, 0.2) is 48.5 Å². The van der Waals surface area contributed by atoms with Crippen LogP contribution in [0.4, 0.5) is 5.69 Å². The zero-order chi connectivity index (χ0) is 18.5. The summed E-state index contributed by atoms with van der Waals surface area (Å²) in [5, 5.41) is 16.1. The van der Waals surface area contributed by atoms with Gasteiger partial charge < -0.3 is 15.4 Å². The first-order chi connectivity index (χ1) is 12.8. The SMILES string of the molecule is N#CCc1ccc(CNCCCCOCCNc2ccccc2)cc1Cl. The highest BCUT2D eigenvalue weighted by molar-refractivity contribution is 6.31. The van der Waals surface area contributed by atoms with E-state index in [1.54, 1.807) is 0 Å². The van der Waals surface area contributed by atoms with Crippen molar-refractivity contribution in [1.29, 1.82) is 5.26 Å². The Bertz CT molecular complexity index is 685. The Hall–Kier alpha value is -2.06. The Morgan fingerprint density at radius 1 is 1.00 bits per heavy atom. The van der Waals surface area contributed by atoms with Gasteiger partial charge in [0.1, 0.15) is 0 Å². The predicted octanol–water partition coefficient (Wildman–Crippen LogP) is 4.40. The third-order valence-electron chi connectivity index (χ3n) is 3.96. The maximum atomic E-state index is 8.72. The maximum absolute atomic E-state index is 8.72. The normalized spacial score (nSPS) is 10.5. The zero-order valence-corrected chi connectivity index (χ0v) is 15.8. The Balaban J connectivity index is 1.46. The highest BCUT2D eigenvalue weighted by Crippen LogP contribution is 2.18. The van der Waals surface area contributed by atoms with Crippen LogP contribution >= 0.6 is 11.6 Å². The van der Waals surface area contributed by atoms with Gasteiger partial charge >= 0.3 is 0 Å². The number of unbranched alkanes of at least 4 members (excludes halogenated alkanes) is 1. The summed E-state index contributed by atoms with van der Waals surface area (Å²) in [6.45, 7) is 4.06. The van der Waals surface area contributed by atoms with Crippen molar-refractivity contribution in [3.05, 3.63) is 64.7 Å². The van der Waals surface area contributed by atoms with Crippen LogP contribution in [0.3, 0.4) is 0 Å². The molecule has 5 heteroatoms. The number of rotatable bonds is 12. The molecule has 0 amide bonds. The minimum absolute atomic E-state index is 0.355. The summed E-state index contributed by atoms with van der Waals surface area (Å²) >= 11 is 6.17. The Kier molecular flexibility index (Phi) is 9.60. The molecule has 138 valence electrons. The van der Waals surface area contributed by atoms with E-state index in [2.05, 4.69) is 28.8 Å². The van der Waals surface area contributed by atoms with Gasteiger partial charge in [0.25, 0.3) is 0 Å². The number of nitrogens with zero attached hydrogens (tertiary/aromatic N) is 1. The zero-order valence-electron chi connectivity index (χ0n) is 15.0. The molecule has 0 saturated carbocycles. The fourth-order valence-electron chi connectivity index (χ4n) is 2.54. The number of nitriles is 1. The monoisotopic (exact) mass is 371 g/mol. The second kappa shape index (κ2) is 12.3. The predicted molar refractivity (Wildman–Crippen MR) is 107 cm³/mol. The fraction of sp³-hybridized carbons (Fsp3) is 0.381. The number of ether oxygens (including phenoxy) is 1. The summed E-state index contributed by atoms with van der Waals surface area (Å²) in [6.07, 6.45) is 2.47. The van der Waals surface area contributed by atoms with Crippen LogP contribution in [0.2, 0.25) is 5.02 Å². The number of hydrogen-bond donors (Lipinski definition) is 2. The maximum Gasteiger partial charge on any atom is 0.0670 e. The quantitative estimate of drug-likeness (QED) is 0.543. The average Bonchev–Trinajstić information content (AvgIpc) is 2.66. The minimum atomic E-state index is 0.355. The van der Waals surface area contributed by atoms with E-state index < -0.39 is 0 Å². The van der Waals surface area contributed by atoms with Gasteiger partial charge in [0.15, 0.2) is 0 Å². The molecule has 0 fully saturated rings. The van der Waals surface area contributed by atoms with E-state index >= 15 is 0 Å². The lowest BCUT2D eigenvalue weighted by Crippen LogP contribution is -2.16. The molecule has 0 saturated heterocycles. The van der Waals surface area contributed by atoms with E-state index in [0.717, 1.165) is 62.5 Å². The molecule has 0 heterocycles. The summed E-state index contributed by atoms with van der Waals surface area (Å²) in [4.78, 5) is 0. The molecular formula is C21H26ClN3O. The van der Waals surface area contributed by atoms with Crippen molar-refractivity contribution >= 4 is 17.3 Å². The third-order valence-corrected chi connectivity index (χ3v) is 4.31. The van der Waals surface area contributed by atoms with Crippen molar-refractivity contribution in [2.45, 2.75) is 25.8 Å². The van der Waals surface area contributed by atoms with Gasteiger partial charge in [0.2, 0.25) is 0 Å². The molecule has 0 aliphatic heterocycles. The number of nitrogens with one attached hydrogen (secondary N) is 2. The lowest BCUT2D eigenvalue weighted by molar-refractivity contribution is 0.140. The molecule has 2 rings (SSSR count). The first-order valence-electron chi connectivity index (χ1n) is 9.01. The summed E-state index contributed by atoms with van der Waals surface area (Å²) in [7, 11) is 0. The Morgan fingerprint density at radius 2 is 1.85 bits per heavy atom. The molecule has 0 radical (unpaired) electrons. The fourth-order valence-corrected chi connectivity index (χ4v) is 2.81. The molecule has 0 bridgehead atoms. The van der Waals surface area contributed by atoms with E-state index in [1.165, 1.54) is 0 Å². The molecule has 26 heavy (non-hydrogen) atoms. The average molecular weight is 372 g/mol. The van der Waals surface area contributed by atoms with E-state index in [-0.39, 0.29) is 0 Å².